The monoisotopic (exact) mass is 94.0 g/mol. The molecule has 0 bridgehead atoms. The molecule has 0 saturated heterocycles. The first kappa shape index (κ1) is 4.05. The summed E-state index contributed by atoms with van der Waals surface area (Å²) in [4.78, 5) is 6.36. The highest BCUT2D eigenvalue weighted by molar-refractivity contribution is 5.70. The molecule has 2 N–H and O–H groups in total. The number of nitrogens with one attached hydrogen (secondary N) is 2. The second-order valence-electron chi connectivity index (χ2n) is 1.06. The Hall–Kier alpha value is -1.12. The summed E-state index contributed by atoms with van der Waals surface area (Å²) in [6.07, 6.45) is 5.32. The van der Waals surface area contributed by atoms with Gasteiger partial charge in [0.25, 0.3) is 0 Å². The summed E-state index contributed by atoms with van der Waals surface area (Å²) in [7, 11) is 0. The number of imidazole rings is 1. The van der Waals surface area contributed by atoms with Crippen molar-refractivity contribution in [3.05, 3.63) is 18.2 Å². The molecule has 3 heteroatoms. The summed E-state index contributed by atoms with van der Waals surface area (Å²) < 4.78 is 0. The Bertz CT molecular complexity index is 142. The largest absolute Gasteiger partial charge is 0.343 e. The number of aromatic amines is 1. The zero-order valence-corrected chi connectivity index (χ0v) is 3.60. The lowest BCUT2D eigenvalue weighted by atomic mass is 10.7. The van der Waals surface area contributed by atoms with Crippen molar-refractivity contribution in [2.45, 2.75) is 0 Å². The van der Waals surface area contributed by atoms with Crippen LogP contribution in [0.15, 0.2) is 12.4 Å². The van der Waals surface area contributed by atoms with Crippen LogP contribution in [0, 0.1) is 5.41 Å². The van der Waals surface area contributed by atoms with E-state index in [1.54, 1.807) is 12.4 Å². The summed E-state index contributed by atoms with van der Waals surface area (Å²) in [5.74, 6) is 0.472. The minimum Gasteiger partial charge on any atom is -0.343 e. The third-order valence-corrected chi connectivity index (χ3v) is 0.617. The molecule has 35 valence electrons. The van der Waals surface area contributed by atoms with Gasteiger partial charge < -0.3 is 4.98 Å². The smallest absolute Gasteiger partial charge is 0.157 e. The quantitative estimate of drug-likeness (QED) is 0.482. The third kappa shape index (κ3) is 0.652. The van der Waals surface area contributed by atoms with Gasteiger partial charge in [0.2, 0.25) is 0 Å². The van der Waals surface area contributed by atoms with Gasteiger partial charge in [0.1, 0.15) is 6.21 Å². The van der Waals surface area contributed by atoms with E-state index >= 15 is 0 Å². The first-order valence-electron chi connectivity index (χ1n) is 1.85. The van der Waals surface area contributed by atoms with Gasteiger partial charge in [0.05, 0.1) is 0 Å². The summed E-state index contributed by atoms with van der Waals surface area (Å²) in [5, 5.41) is 6.52. The number of rotatable bonds is 1. The number of hydrogen-bond acceptors (Lipinski definition) is 2. The lowest BCUT2D eigenvalue weighted by molar-refractivity contribution is 1.26. The van der Waals surface area contributed by atoms with E-state index in [0.29, 0.717) is 5.82 Å². The molecule has 0 unspecified atom stereocenters. The van der Waals surface area contributed by atoms with Crippen LogP contribution >= 0.6 is 0 Å². The molecule has 0 fully saturated rings. The van der Waals surface area contributed by atoms with E-state index in [0.717, 1.165) is 0 Å². The van der Waals surface area contributed by atoms with Crippen molar-refractivity contribution in [1.82, 2.24) is 9.97 Å². The maximum Gasteiger partial charge on any atom is 0.157 e. The Labute approximate surface area is 40.9 Å². The number of H-pyrrole nitrogens is 1. The number of hydrogen-bond donors (Lipinski definition) is 2. The van der Waals surface area contributed by atoms with Gasteiger partial charge in [0.15, 0.2) is 5.82 Å². The van der Waals surface area contributed by atoms with E-state index < -0.39 is 0 Å². The van der Waals surface area contributed by atoms with Crippen molar-refractivity contribution in [1.29, 1.82) is 5.41 Å². The molecule has 0 amide bonds. The molecule has 0 aliphatic heterocycles. The van der Waals surface area contributed by atoms with E-state index in [-0.39, 0.29) is 0 Å². The molecular formula is C4H4N3. The van der Waals surface area contributed by atoms with Crippen LogP contribution < -0.4 is 0 Å². The van der Waals surface area contributed by atoms with E-state index in [2.05, 4.69) is 16.2 Å². The van der Waals surface area contributed by atoms with E-state index in [1.165, 1.54) is 0 Å². The minimum absolute atomic E-state index is 0.472. The molecule has 7 heavy (non-hydrogen) atoms. The third-order valence-electron chi connectivity index (χ3n) is 0.617. The minimum atomic E-state index is 0.472. The Morgan fingerprint density at radius 3 is 3.00 bits per heavy atom. The second-order valence-corrected chi connectivity index (χ2v) is 1.06. The highest BCUT2D eigenvalue weighted by atomic mass is 14.9. The first-order valence-corrected chi connectivity index (χ1v) is 1.85. The lowest BCUT2D eigenvalue weighted by Gasteiger charge is -1.69. The highest BCUT2D eigenvalue weighted by Crippen LogP contribution is 1.77. The van der Waals surface area contributed by atoms with Crippen LogP contribution in [-0.2, 0) is 0 Å². The van der Waals surface area contributed by atoms with Crippen LogP contribution in [0.25, 0.3) is 0 Å². The van der Waals surface area contributed by atoms with Crippen molar-refractivity contribution < 1.29 is 0 Å². The SMILES string of the molecule is N=[C]c1ncc[nH]1. The predicted molar refractivity (Wildman–Crippen MR) is 25.4 cm³/mol. The highest BCUT2D eigenvalue weighted by Gasteiger charge is 1.81. The van der Waals surface area contributed by atoms with Crippen molar-refractivity contribution in [3.63, 3.8) is 0 Å². The Morgan fingerprint density at radius 1 is 1.86 bits per heavy atom. The van der Waals surface area contributed by atoms with Gasteiger partial charge in [-0.2, -0.15) is 0 Å². The average molecular weight is 94.1 g/mol. The van der Waals surface area contributed by atoms with Crippen molar-refractivity contribution in [2.75, 3.05) is 0 Å². The van der Waals surface area contributed by atoms with Gasteiger partial charge >= 0.3 is 0 Å². The van der Waals surface area contributed by atoms with Crippen LogP contribution in [0.5, 0.6) is 0 Å². The molecule has 0 aromatic carbocycles. The Balaban J connectivity index is 2.96. The van der Waals surface area contributed by atoms with Crippen molar-refractivity contribution in [2.24, 2.45) is 0 Å². The summed E-state index contributed by atoms with van der Waals surface area (Å²) >= 11 is 0. The fourth-order valence-corrected chi connectivity index (χ4v) is 0.334. The fourth-order valence-electron chi connectivity index (χ4n) is 0.334. The molecule has 0 aliphatic carbocycles. The number of aromatic nitrogens is 2. The molecule has 0 spiro atoms. The van der Waals surface area contributed by atoms with E-state index in [1.807, 2.05) is 0 Å². The van der Waals surface area contributed by atoms with Gasteiger partial charge in [-0.25, -0.2) is 4.98 Å². The lowest BCUT2D eigenvalue weighted by Crippen LogP contribution is -1.78. The molecule has 1 radical (unpaired) electrons. The molecule has 1 aromatic heterocycles. The molecule has 0 atom stereocenters. The zero-order chi connectivity index (χ0) is 5.11. The normalized spacial score (nSPS) is 8.57. The molecule has 1 heterocycles. The Kier molecular flexibility index (Phi) is 0.898. The van der Waals surface area contributed by atoms with Crippen LogP contribution in [0.3, 0.4) is 0 Å². The Morgan fingerprint density at radius 2 is 2.71 bits per heavy atom. The topological polar surface area (TPSA) is 52.5 Å². The molecule has 0 aliphatic rings. The molecule has 3 nitrogen and oxygen atoms in total. The van der Waals surface area contributed by atoms with Gasteiger partial charge in [-0.05, 0) is 0 Å². The molecular weight excluding hydrogens is 90.1 g/mol. The second kappa shape index (κ2) is 1.55. The molecule has 0 saturated carbocycles. The first-order chi connectivity index (χ1) is 3.43. The van der Waals surface area contributed by atoms with Gasteiger partial charge in [-0.15, -0.1) is 0 Å². The summed E-state index contributed by atoms with van der Waals surface area (Å²) in [6.45, 7) is 0. The maximum absolute atomic E-state index is 6.52. The van der Waals surface area contributed by atoms with E-state index in [4.69, 9.17) is 5.41 Å². The summed E-state index contributed by atoms with van der Waals surface area (Å²) in [6, 6.07) is 0. The predicted octanol–water partition coefficient (Wildman–Crippen LogP) is 0.284. The van der Waals surface area contributed by atoms with Gasteiger partial charge in [-0.1, -0.05) is 0 Å². The van der Waals surface area contributed by atoms with Crippen LogP contribution in [0.4, 0.5) is 0 Å². The van der Waals surface area contributed by atoms with Gasteiger partial charge in [0, 0.05) is 12.4 Å². The van der Waals surface area contributed by atoms with Crippen LogP contribution in [0.1, 0.15) is 5.82 Å². The van der Waals surface area contributed by atoms with Crippen molar-refractivity contribution in [3.8, 4) is 0 Å². The summed E-state index contributed by atoms with van der Waals surface area (Å²) in [5.41, 5.74) is 0. The molecule has 1 rings (SSSR count). The zero-order valence-electron chi connectivity index (χ0n) is 3.60. The molecule has 1 aromatic rings. The number of nitrogens with zero attached hydrogens (tertiary/aromatic N) is 1. The van der Waals surface area contributed by atoms with E-state index in [9.17, 15) is 0 Å². The standard InChI is InChI=1S/C4H4N3/c5-3-4-6-1-2-7-4/h1-2,5H,(H,6,7). The maximum atomic E-state index is 6.52. The van der Waals surface area contributed by atoms with Crippen molar-refractivity contribution >= 4 is 6.21 Å². The van der Waals surface area contributed by atoms with Gasteiger partial charge in [-0.3, -0.25) is 5.41 Å². The average Bonchev–Trinajstić information content (AvgIpc) is 2.14. The fraction of sp³-hybridized carbons (Fsp3) is 0. The van der Waals surface area contributed by atoms with Crippen LogP contribution in [-0.4, -0.2) is 16.2 Å². The van der Waals surface area contributed by atoms with Crippen LogP contribution in [0.2, 0.25) is 0 Å².